The zero-order valence-electron chi connectivity index (χ0n) is 35.3. The van der Waals surface area contributed by atoms with Crippen LogP contribution in [0.5, 0.6) is 0 Å². The molecule has 0 saturated carbocycles. The highest BCUT2D eigenvalue weighted by Crippen LogP contribution is 2.26. The third-order valence-corrected chi connectivity index (χ3v) is 11.1. The van der Waals surface area contributed by atoms with Crippen molar-refractivity contribution in [2.75, 3.05) is 33.0 Å². The molecule has 2 aliphatic heterocycles. The zero-order valence-corrected chi connectivity index (χ0v) is 35.3. The fourth-order valence-corrected chi connectivity index (χ4v) is 7.34. The van der Waals surface area contributed by atoms with Gasteiger partial charge in [0.2, 0.25) is 0 Å². The van der Waals surface area contributed by atoms with Crippen LogP contribution in [0.2, 0.25) is 0 Å². The maximum absolute atomic E-state index is 12.9. The van der Waals surface area contributed by atoms with Gasteiger partial charge in [-0.3, -0.25) is 4.79 Å². The molecule has 0 aromatic carbocycles. The molecule has 2 rings (SSSR count). The molecular weight excluding hydrogens is 740 g/mol. The van der Waals surface area contributed by atoms with E-state index < -0.39 is 80.7 Å². The summed E-state index contributed by atoms with van der Waals surface area (Å²) in [6.07, 6.45) is 11.8. The minimum Gasteiger partial charge on any atom is -0.457 e. The van der Waals surface area contributed by atoms with Crippen molar-refractivity contribution in [3.05, 3.63) is 0 Å². The molecule has 2 saturated heterocycles. The summed E-state index contributed by atoms with van der Waals surface area (Å²) < 4.78 is 34.1. The molecule has 57 heavy (non-hydrogen) atoms. The average Bonchev–Trinajstić information content (AvgIpc) is 3.20. The van der Waals surface area contributed by atoms with E-state index in [1.54, 1.807) is 0 Å². The summed E-state index contributed by atoms with van der Waals surface area (Å²) in [5.74, 6) is -0.374. The second-order valence-corrected chi connectivity index (χ2v) is 16.2. The predicted octanol–water partition coefficient (Wildman–Crippen LogP) is 4.96. The molecule has 2 aliphatic rings. The van der Waals surface area contributed by atoms with Crippen molar-refractivity contribution < 1.29 is 69.0 Å². The third-order valence-electron chi connectivity index (χ3n) is 11.1. The number of hydrogen-bond donors (Lipinski definition) is 7. The van der Waals surface area contributed by atoms with Crippen molar-refractivity contribution in [2.45, 2.75) is 235 Å². The maximum atomic E-state index is 12.9. The van der Waals surface area contributed by atoms with Gasteiger partial charge in [0.15, 0.2) is 12.6 Å². The molecule has 7 N–H and O–H groups in total. The highest BCUT2D eigenvalue weighted by Gasteiger charge is 2.47. The van der Waals surface area contributed by atoms with E-state index in [1.807, 2.05) is 0 Å². The van der Waals surface area contributed by atoms with Crippen molar-refractivity contribution in [1.82, 2.24) is 0 Å². The Morgan fingerprint density at radius 1 is 0.509 bits per heavy atom. The molecule has 14 heteroatoms. The van der Waals surface area contributed by atoms with E-state index >= 15 is 0 Å². The van der Waals surface area contributed by atoms with Crippen LogP contribution in [0.15, 0.2) is 0 Å². The highest BCUT2D eigenvalue weighted by atomic mass is 16.7. The summed E-state index contributed by atoms with van der Waals surface area (Å²) in [5, 5.41) is 71.8. The van der Waals surface area contributed by atoms with Gasteiger partial charge in [0.1, 0.15) is 54.9 Å². The summed E-state index contributed by atoms with van der Waals surface area (Å²) in [5.41, 5.74) is 0. The Labute approximate surface area is 342 Å². The Kier molecular flexibility index (Phi) is 29.9. The first kappa shape index (κ1) is 52.1. The van der Waals surface area contributed by atoms with Crippen LogP contribution in [-0.2, 0) is 33.2 Å². The lowest BCUT2D eigenvalue weighted by molar-refractivity contribution is -0.332. The topological polar surface area (TPSA) is 214 Å². The van der Waals surface area contributed by atoms with Crippen molar-refractivity contribution in [3.63, 3.8) is 0 Å². The van der Waals surface area contributed by atoms with E-state index in [1.165, 1.54) is 103 Å². The first-order valence-corrected chi connectivity index (χ1v) is 22.6. The fraction of sp³-hybridized carbons (Fsp3) is 0.977. The molecule has 0 spiro atoms. The Hall–Kier alpha value is -1.01. The molecule has 0 bridgehead atoms. The van der Waals surface area contributed by atoms with Gasteiger partial charge in [-0.2, -0.15) is 0 Å². The van der Waals surface area contributed by atoms with E-state index in [0.29, 0.717) is 13.0 Å². The van der Waals surface area contributed by atoms with Gasteiger partial charge in [-0.05, 0) is 12.8 Å². The summed E-state index contributed by atoms with van der Waals surface area (Å²) in [7, 11) is 0. The van der Waals surface area contributed by atoms with Gasteiger partial charge in [-0.15, -0.1) is 0 Å². The number of rotatable bonds is 35. The van der Waals surface area contributed by atoms with E-state index in [4.69, 9.17) is 28.4 Å². The maximum Gasteiger partial charge on any atom is 0.306 e. The molecule has 11 unspecified atom stereocenters. The Bertz CT molecular complexity index is 959. The lowest BCUT2D eigenvalue weighted by atomic mass is 9.98. The largest absolute Gasteiger partial charge is 0.457 e. The van der Waals surface area contributed by atoms with Crippen LogP contribution in [0, 0.1) is 0 Å². The molecule has 0 aromatic rings. The van der Waals surface area contributed by atoms with Gasteiger partial charge in [-0.1, -0.05) is 149 Å². The number of unbranched alkanes of at least 4 members (excludes halogenated alkanes) is 21. The van der Waals surface area contributed by atoms with Gasteiger partial charge in [0.25, 0.3) is 0 Å². The second-order valence-electron chi connectivity index (χ2n) is 16.2. The number of carbonyl (C=O) groups is 1. The lowest BCUT2D eigenvalue weighted by Gasteiger charge is -2.42. The van der Waals surface area contributed by atoms with Crippen LogP contribution in [-0.4, -0.2) is 142 Å². The van der Waals surface area contributed by atoms with Gasteiger partial charge in [0.05, 0.1) is 26.4 Å². The Morgan fingerprint density at radius 2 is 0.930 bits per heavy atom. The van der Waals surface area contributed by atoms with Crippen LogP contribution in [0.4, 0.5) is 0 Å². The molecule has 0 amide bonds. The molecule has 0 radical (unpaired) electrons. The van der Waals surface area contributed by atoms with E-state index in [-0.39, 0.29) is 25.6 Å². The molecule has 11 atom stereocenters. The van der Waals surface area contributed by atoms with Crippen LogP contribution >= 0.6 is 0 Å². The minimum absolute atomic E-state index is 0.0686. The quantitative estimate of drug-likeness (QED) is 0.0333. The van der Waals surface area contributed by atoms with Crippen molar-refractivity contribution in [3.8, 4) is 0 Å². The predicted molar refractivity (Wildman–Crippen MR) is 215 cm³/mol. The molecule has 2 heterocycles. The van der Waals surface area contributed by atoms with Gasteiger partial charge < -0.3 is 64.2 Å². The first-order chi connectivity index (χ1) is 27.6. The van der Waals surface area contributed by atoms with Crippen LogP contribution in [0.25, 0.3) is 0 Å². The van der Waals surface area contributed by atoms with E-state index in [9.17, 15) is 40.5 Å². The van der Waals surface area contributed by atoms with Gasteiger partial charge >= 0.3 is 5.97 Å². The van der Waals surface area contributed by atoms with Crippen molar-refractivity contribution >= 4 is 5.97 Å². The number of carbonyl (C=O) groups excluding carboxylic acids is 1. The Balaban J connectivity index is 1.81. The second kappa shape index (κ2) is 32.7. The van der Waals surface area contributed by atoms with E-state index in [2.05, 4.69) is 13.8 Å². The average molecular weight is 823 g/mol. The number of ether oxygens (including phenoxy) is 6. The number of esters is 1. The first-order valence-electron chi connectivity index (χ1n) is 22.6. The van der Waals surface area contributed by atoms with Crippen molar-refractivity contribution in [2.24, 2.45) is 0 Å². The minimum atomic E-state index is -1.70. The number of aliphatic hydroxyl groups is 7. The van der Waals surface area contributed by atoms with Crippen molar-refractivity contribution in [1.29, 1.82) is 0 Å². The van der Waals surface area contributed by atoms with Gasteiger partial charge in [-0.25, -0.2) is 0 Å². The van der Waals surface area contributed by atoms with Crippen LogP contribution in [0.3, 0.4) is 0 Å². The standard InChI is InChI=1S/C43H82O14/c1-3-5-7-9-11-13-14-15-16-17-18-20-22-24-26-35(45)55-32(29-52-27-25-23-21-19-12-10-8-6-4-2)30-53-42-41(51)39(49)37(47)34(57-42)31-54-43-40(50)38(48)36(46)33(28-44)56-43/h32-34,36-44,46-51H,3-31H2,1-2H3. The molecule has 338 valence electrons. The molecule has 0 aromatic heterocycles. The SMILES string of the molecule is CCCCCCCCCCCCCCCCC(=O)OC(COCCCCCCCCCCC)COC1OC(COC2OC(CO)C(O)C(O)C2O)C(O)C(O)C1O. The smallest absolute Gasteiger partial charge is 0.306 e. The van der Waals surface area contributed by atoms with Crippen LogP contribution in [0.1, 0.15) is 168 Å². The summed E-state index contributed by atoms with van der Waals surface area (Å²) in [4.78, 5) is 12.9. The molecule has 14 nitrogen and oxygen atoms in total. The zero-order chi connectivity index (χ0) is 41.7. The summed E-state index contributed by atoms with van der Waals surface area (Å²) >= 11 is 0. The fourth-order valence-electron chi connectivity index (χ4n) is 7.34. The lowest BCUT2D eigenvalue weighted by Crippen LogP contribution is -2.61. The molecule has 0 aliphatic carbocycles. The normalized spacial score (nSPS) is 28.4. The third kappa shape index (κ3) is 21.9. The monoisotopic (exact) mass is 823 g/mol. The summed E-state index contributed by atoms with van der Waals surface area (Å²) in [6, 6.07) is 0. The summed E-state index contributed by atoms with van der Waals surface area (Å²) in [6.45, 7) is 3.68. The van der Waals surface area contributed by atoms with Gasteiger partial charge in [0, 0.05) is 13.0 Å². The molecular formula is C43H82O14. The molecule has 2 fully saturated rings. The number of aliphatic hydroxyl groups excluding tert-OH is 7. The highest BCUT2D eigenvalue weighted by molar-refractivity contribution is 5.69. The van der Waals surface area contributed by atoms with Crippen LogP contribution < -0.4 is 0 Å². The Morgan fingerprint density at radius 3 is 1.42 bits per heavy atom. The number of hydrogen-bond acceptors (Lipinski definition) is 14. The van der Waals surface area contributed by atoms with E-state index in [0.717, 1.165) is 38.5 Å².